The molecule has 2 aliphatic heterocycles. The fraction of sp³-hybridized carbons (Fsp3) is 0.440. The molecule has 2 aliphatic rings. The fourth-order valence-electron chi connectivity index (χ4n) is 4.37. The van der Waals surface area contributed by atoms with Crippen molar-refractivity contribution >= 4 is 17.6 Å². The van der Waals surface area contributed by atoms with E-state index in [9.17, 15) is 9.59 Å². The van der Waals surface area contributed by atoms with Gasteiger partial charge in [-0.1, -0.05) is 30.3 Å². The summed E-state index contributed by atoms with van der Waals surface area (Å²) < 4.78 is 5.91. The first kappa shape index (κ1) is 21.2. The summed E-state index contributed by atoms with van der Waals surface area (Å²) in [7, 11) is 0. The quantitative estimate of drug-likeness (QED) is 0.814. The Balaban J connectivity index is 1.35. The maximum Gasteiger partial charge on any atom is 0.324 e. The standard InChI is InChI=1S/C25H31N3O3/c1-17-8-9-23-22(14-17)28(16-19(3)31-23)25(30)27-12-10-20(11-13-27)24(29)26-15-21-7-5-4-6-18(21)2/h4-9,14,19-20H,10-13,15-16H2,1-3H3,(H,26,29)/t19-/m0/s1. The molecule has 164 valence electrons. The van der Waals surface area contributed by atoms with Gasteiger partial charge < -0.3 is 15.0 Å². The van der Waals surface area contributed by atoms with Crippen LogP contribution in [0.15, 0.2) is 42.5 Å². The number of amides is 3. The number of nitrogens with zero attached hydrogens (tertiary/aromatic N) is 2. The van der Waals surface area contributed by atoms with E-state index in [-0.39, 0.29) is 24.0 Å². The Morgan fingerprint density at radius 3 is 2.58 bits per heavy atom. The third-order valence-corrected chi connectivity index (χ3v) is 6.25. The number of benzene rings is 2. The van der Waals surface area contributed by atoms with Crippen LogP contribution in [-0.4, -0.2) is 42.6 Å². The molecule has 0 bridgehead atoms. The van der Waals surface area contributed by atoms with E-state index in [0.717, 1.165) is 22.6 Å². The van der Waals surface area contributed by atoms with Gasteiger partial charge in [-0.15, -0.1) is 0 Å². The third-order valence-electron chi connectivity index (χ3n) is 6.25. The summed E-state index contributed by atoms with van der Waals surface area (Å²) >= 11 is 0. The summed E-state index contributed by atoms with van der Waals surface area (Å²) in [6.45, 7) is 8.31. The zero-order chi connectivity index (χ0) is 22.0. The molecule has 0 saturated carbocycles. The van der Waals surface area contributed by atoms with Gasteiger partial charge >= 0.3 is 6.03 Å². The number of ether oxygens (including phenoxy) is 1. The molecule has 0 aromatic heterocycles. The minimum Gasteiger partial charge on any atom is -0.487 e. The summed E-state index contributed by atoms with van der Waals surface area (Å²) in [6, 6.07) is 14.0. The van der Waals surface area contributed by atoms with Crippen LogP contribution in [0.4, 0.5) is 10.5 Å². The van der Waals surface area contributed by atoms with Crippen molar-refractivity contribution in [3.63, 3.8) is 0 Å². The maximum atomic E-state index is 13.3. The second-order valence-corrected chi connectivity index (χ2v) is 8.70. The van der Waals surface area contributed by atoms with Crippen LogP contribution in [0.3, 0.4) is 0 Å². The first-order valence-electron chi connectivity index (χ1n) is 11.1. The molecular formula is C25H31N3O3. The van der Waals surface area contributed by atoms with E-state index in [1.807, 2.05) is 60.0 Å². The number of nitrogens with one attached hydrogen (secondary N) is 1. The van der Waals surface area contributed by atoms with E-state index in [0.29, 0.717) is 39.0 Å². The van der Waals surface area contributed by atoms with Gasteiger partial charge in [-0.3, -0.25) is 9.69 Å². The minimum atomic E-state index is -0.0519. The Labute approximate surface area is 184 Å². The van der Waals surface area contributed by atoms with Crippen molar-refractivity contribution in [3.8, 4) is 5.75 Å². The average molecular weight is 422 g/mol. The summed E-state index contributed by atoms with van der Waals surface area (Å²) in [5, 5.41) is 3.07. The molecule has 2 aromatic carbocycles. The molecule has 2 heterocycles. The molecule has 6 heteroatoms. The van der Waals surface area contributed by atoms with Gasteiger partial charge in [0.05, 0.1) is 12.2 Å². The Bertz CT molecular complexity index is 966. The zero-order valence-electron chi connectivity index (χ0n) is 18.6. The van der Waals surface area contributed by atoms with Crippen molar-refractivity contribution in [2.24, 2.45) is 5.92 Å². The number of rotatable bonds is 3. The maximum absolute atomic E-state index is 13.3. The highest BCUT2D eigenvalue weighted by atomic mass is 16.5. The predicted octanol–water partition coefficient (Wildman–Crippen LogP) is 4.04. The number of hydrogen-bond acceptors (Lipinski definition) is 3. The molecule has 1 N–H and O–H groups in total. The zero-order valence-corrected chi connectivity index (χ0v) is 18.6. The number of anilines is 1. The lowest BCUT2D eigenvalue weighted by Crippen LogP contribution is -2.52. The van der Waals surface area contributed by atoms with Gasteiger partial charge in [0.2, 0.25) is 5.91 Å². The third kappa shape index (κ3) is 4.68. The first-order valence-corrected chi connectivity index (χ1v) is 11.1. The van der Waals surface area contributed by atoms with E-state index in [4.69, 9.17) is 4.74 Å². The van der Waals surface area contributed by atoms with Crippen molar-refractivity contribution in [2.45, 2.75) is 46.3 Å². The Hall–Kier alpha value is -3.02. The molecule has 0 unspecified atom stereocenters. The van der Waals surface area contributed by atoms with Crippen molar-refractivity contribution < 1.29 is 14.3 Å². The second kappa shape index (κ2) is 9.00. The Morgan fingerprint density at radius 1 is 1.10 bits per heavy atom. The van der Waals surface area contributed by atoms with Crippen LogP contribution in [-0.2, 0) is 11.3 Å². The van der Waals surface area contributed by atoms with Crippen LogP contribution < -0.4 is 15.0 Å². The normalized spacial score (nSPS) is 18.9. The Kier molecular flexibility index (Phi) is 6.16. The highest BCUT2D eigenvalue weighted by Crippen LogP contribution is 2.35. The van der Waals surface area contributed by atoms with Crippen molar-refractivity contribution in [3.05, 3.63) is 59.2 Å². The molecule has 2 aromatic rings. The van der Waals surface area contributed by atoms with Gasteiger partial charge in [0.25, 0.3) is 0 Å². The molecular weight excluding hydrogens is 390 g/mol. The van der Waals surface area contributed by atoms with Crippen molar-refractivity contribution in [1.82, 2.24) is 10.2 Å². The van der Waals surface area contributed by atoms with E-state index >= 15 is 0 Å². The van der Waals surface area contributed by atoms with Crippen molar-refractivity contribution in [2.75, 3.05) is 24.5 Å². The number of piperidine rings is 1. The minimum absolute atomic E-state index is 0.000712. The lowest BCUT2D eigenvalue weighted by molar-refractivity contribution is -0.126. The van der Waals surface area contributed by atoms with Gasteiger partial charge in [0, 0.05) is 25.6 Å². The number of hydrogen-bond donors (Lipinski definition) is 1. The fourth-order valence-corrected chi connectivity index (χ4v) is 4.37. The Morgan fingerprint density at radius 2 is 1.84 bits per heavy atom. The smallest absolute Gasteiger partial charge is 0.324 e. The van der Waals surface area contributed by atoms with Gasteiger partial charge in [-0.25, -0.2) is 4.79 Å². The van der Waals surface area contributed by atoms with Crippen LogP contribution >= 0.6 is 0 Å². The van der Waals surface area contributed by atoms with E-state index in [1.165, 1.54) is 5.56 Å². The number of urea groups is 1. The molecule has 6 nitrogen and oxygen atoms in total. The van der Waals surface area contributed by atoms with Gasteiger partial charge in [-0.2, -0.15) is 0 Å². The van der Waals surface area contributed by atoms with Gasteiger partial charge in [0.15, 0.2) is 0 Å². The molecule has 1 atom stereocenters. The summed E-state index contributed by atoms with van der Waals surface area (Å²) in [5.41, 5.74) is 4.25. The van der Waals surface area contributed by atoms with Crippen LogP contribution in [0, 0.1) is 19.8 Å². The number of carbonyl (C=O) groups is 2. The molecule has 4 rings (SSSR count). The number of aryl methyl sites for hydroxylation is 2. The van der Waals surface area contributed by atoms with Crippen LogP contribution in [0.25, 0.3) is 0 Å². The highest BCUT2D eigenvalue weighted by Gasteiger charge is 2.34. The molecule has 1 saturated heterocycles. The lowest BCUT2D eigenvalue weighted by Gasteiger charge is -2.39. The van der Waals surface area contributed by atoms with E-state index < -0.39 is 0 Å². The summed E-state index contributed by atoms with van der Waals surface area (Å²) in [4.78, 5) is 29.7. The van der Waals surface area contributed by atoms with Crippen molar-refractivity contribution in [1.29, 1.82) is 0 Å². The van der Waals surface area contributed by atoms with Gasteiger partial charge in [-0.05, 0) is 62.4 Å². The second-order valence-electron chi connectivity index (χ2n) is 8.70. The van der Waals surface area contributed by atoms with E-state index in [2.05, 4.69) is 18.3 Å². The summed E-state index contributed by atoms with van der Waals surface area (Å²) in [5.74, 6) is 0.783. The lowest BCUT2D eigenvalue weighted by atomic mass is 9.96. The largest absolute Gasteiger partial charge is 0.487 e. The highest BCUT2D eigenvalue weighted by molar-refractivity contribution is 5.94. The molecule has 0 aliphatic carbocycles. The molecule has 0 radical (unpaired) electrons. The predicted molar refractivity (Wildman–Crippen MR) is 121 cm³/mol. The molecule has 31 heavy (non-hydrogen) atoms. The van der Waals surface area contributed by atoms with Crippen LogP contribution in [0.1, 0.15) is 36.5 Å². The first-order chi connectivity index (χ1) is 14.9. The van der Waals surface area contributed by atoms with Crippen LogP contribution in [0.2, 0.25) is 0 Å². The monoisotopic (exact) mass is 421 g/mol. The number of likely N-dealkylation sites (tertiary alicyclic amines) is 1. The summed E-state index contributed by atoms with van der Waals surface area (Å²) in [6.07, 6.45) is 1.32. The number of carbonyl (C=O) groups excluding carboxylic acids is 2. The van der Waals surface area contributed by atoms with E-state index in [1.54, 1.807) is 0 Å². The van der Waals surface area contributed by atoms with Gasteiger partial charge in [0.1, 0.15) is 11.9 Å². The topological polar surface area (TPSA) is 61.9 Å². The van der Waals surface area contributed by atoms with Crippen LogP contribution in [0.5, 0.6) is 5.75 Å². The average Bonchev–Trinajstić information content (AvgIpc) is 2.77. The SMILES string of the molecule is Cc1ccc2c(c1)N(C(=O)N1CCC(C(=O)NCc3ccccc3C)CC1)C[C@H](C)O2. The molecule has 1 fully saturated rings. The number of fused-ring (bicyclic) bond motifs is 1. The molecule has 3 amide bonds. The molecule has 0 spiro atoms.